The Balaban J connectivity index is 2.33. The topological polar surface area (TPSA) is 47.0 Å². The lowest BCUT2D eigenvalue weighted by atomic mass is 10.1. The van der Waals surface area contributed by atoms with Gasteiger partial charge in [0.2, 0.25) is 5.88 Å². The van der Waals surface area contributed by atoms with Gasteiger partial charge >= 0.3 is 0 Å². The average Bonchev–Trinajstić information content (AvgIpc) is 2.46. The van der Waals surface area contributed by atoms with Crippen molar-refractivity contribution in [1.29, 1.82) is 0 Å². The minimum Gasteiger partial charge on any atom is -0.479 e. The van der Waals surface area contributed by atoms with Gasteiger partial charge in [0.15, 0.2) is 0 Å². The van der Waals surface area contributed by atoms with Crippen LogP contribution >= 0.6 is 0 Å². The van der Waals surface area contributed by atoms with Crippen molar-refractivity contribution >= 4 is 0 Å². The normalized spacial score (nSPS) is 10.5. The Morgan fingerprint density at radius 1 is 1.26 bits per heavy atom. The molecule has 0 atom stereocenters. The summed E-state index contributed by atoms with van der Waals surface area (Å²) in [5.41, 5.74) is 1.83. The molecule has 0 aliphatic rings. The maximum atomic E-state index is 14.0. The molecule has 1 N–H and O–H groups in total. The zero-order valence-electron chi connectivity index (χ0n) is 11.0. The summed E-state index contributed by atoms with van der Waals surface area (Å²) in [5, 5.41) is 3.09. The molecule has 0 saturated carbocycles. The van der Waals surface area contributed by atoms with Crippen LogP contribution in [0.2, 0.25) is 0 Å². The fourth-order valence-corrected chi connectivity index (χ4v) is 1.77. The Morgan fingerprint density at radius 3 is 2.74 bits per heavy atom. The second kappa shape index (κ2) is 6.24. The minimum atomic E-state index is -0.258. The number of rotatable bonds is 5. The summed E-state index contributed by atoms with van der Waals surface area (Å²) >= 11 is 0. The Labute approximate surface area is 111 Å². The molecule has 5 heteroatoms. The molecule has 100 valence electrons. The lowest BCUT2D eigenvalue weighted by molar-refractivity contribution is 0.397. The third-order valence-corrected chi connectivity index (χ3v) is 2.75. The van der Waals surface area contributed by atoms with Gasteiger partial charge in [-0.15, -0.1) is 0 Å². The first-order chi connectivity index (χ1) is 9.26. The smallest absolute Gasteiger partial charge is 0.240 e. The molecule has 0 amide bonds. The molecule has 2 aromatic rings. The lowest BCUT2D eigenvalue weighted by Crippen LogP contribution is -2.12. The molecular formula is C14H16FN3O. The fraction of sp³-hybridized carbons (Fsp3) is 0.286. The van der Waals surface area contributed by atoms with E-state index in [4.69, 9.17) is 4.74 Å². The lowest BCUT2D eigenvalue weighted by Gasteiger charge is -2.08. The number of halogens is 1. The average molecular weight is 261 g/mol. The Hall–Kier alpha value is -2.01. The van der Waals surface area contributed by atoms with Crippen molar-refractivity contribution in [3.63, 3.8) is 0 Å². The highest BCUT2D eigenvalue weighted by Gasteiger charge is 2.10. The number of hydrogen-bond acceptors (Lipinski definition) is 4. The van der Waals surface area contributed by atoms with Crippen molar-refractivity contribution in [1.82, 2.24) is 15.3 Å². The monoisotopic (exact) mass is 261 g/mol. The molecule has 0 spiro atoms. The SMILES string of the molecule is CCNCc1ccc(-c2nccnc2OC)cc1F. The standard InChI is InChI=1S/C14H16FN3O/c1-3-16-9-11-5-4-10(8-12(11)15)13-14(19-2)18-7-6-17-13/h4-8,16H,3,9H2,1-2H3. The van der Waals surface area contributed by atoms with Crippen LogP contribution in [0, 0.1) is 5.82 Å². The van der Waals surface area contributed by atoms with Gasteiger partial charge in [-0.25, -0.2) is 14.4 Å². The molecule has 0 saturated heterocycles. The van der Waals surface area contributed by atoms with Crippen LogP contribution in [-0.4, -0.2) is 23.6 Å². The summed E-state index contributed by atoms with van der Waals surface area (Å²) in [7, 11) is 1.52. The van der Waals surface area contributed by atoms with Gasteiger partial charge in [-0.05, 0) is 12.6 Å². The zero-order valence-corrected chi connectivity index (χ0v) is 11.0. The Bertz CT molecular complexity index is 560. The van der Waals surface area contributed by atoms with E-state index in [1.165, 1.54) is 19.4 Å². The van der Waals surface area contributed by atoms with Crippen LogP contribution in [0.3, 0.4) is 0 Å². The zero-order chi connectivity index (χ0) is 13.7. The Morgan fingerprint density at radius 2 is 2.05 bits per heavy atom. The van der Waals surface area contributed by atoms with Crippen molar-refractivity contribution in [3.8, 4) is 17.1 Å². The summed E-state index contributed by atoms with van der Waals surface area (Å²) in [6.07, 6.45) is 3.10. The van der Waals surface area contributed by atoms with E-state index >= 15 is 0 Å². The number of benzene rings is 1. The largest absolute Gasteiger partial charge is 0.479 e. The van der Waals surface area contributed by atoms with Gasteiger partial charge < -0.3 is 10.1 Å². The van der Waals surface area contributed by atoms with Gasteiger partial charge in [-0.1, -0.05) is 19.1 Å². The first-order valence-electron chi connectivity index (χ1n) is 6.10. The van der Waals surface area contributed by atoms with E-state index in [1.54, 1.807) is 12.3 Å². The molecule has 0 radical (unpaired) electrons. The van der Waals surface area contributed by atoms with Crippen molar-refractivity contribution in [3.05, 3.63) is 42.0 Å². The summed E-state index contributed by atoms with van der Waals surface area (Å²) in [5.74, 6) is 0.132. The van der Waals surface area contributed by atoms with Crippen LogP contribution in [0.1, 0.15) is 12.5 Å². The molecule has 4 nitrogen and oxygen atoms in total. The van der Waals surface area contributed by atoms with Crippen LogP contribution in [0.15, 0.2) is 30.6 Å². The van der Waals surface area contributed by atoms with Crippen molar-refractivity contribution < 1.29 is 9.13 Å². The van der Waals surface area contributed by atoms with E-state index in [2.05, 4.69) is 15.3 Å². The van der Waals surface area contributed by atoms with Gasteiger partial charge in [0, 0.05) is 30.1 Å². The first-order valence-corrected chi connectivity index (χ1v) is 6.10. The summed E-state index contributed by atoms with van der Waals surface area (Å²) in [6, 6.07) is 5.03. The molecule has 0 bridgehead atoms. The maximum absolute atomic E-state index is 14.0. The van der Waals surface area contributed by atoms with Gasteiger partial charge in [0.25, 0.3) is 0 Å². The predicted octanol–water partition coefficient (Wildman–Crippen LogP) is 2.40. The molecule has 1 aromatic carbocycles. The van der Waals surface area contributed by atoms with Crippen molar-refractivity contribution in [2.75, 3.05) is 13.7 Å². The van der Waals surface area contributed by atoms with E-state index < -0.39 is 0 Å². The Kier molecular flexibility index (Phi) is 4.41. The van der Waals surface area contributed by atoms with Crippen LogP contribution in [-0.2, 0) is 6.54 Å². The summed E-state index contributed by atoms with van der Waals surface area (Å²) in [6.45, 7) is 3.30. The molecule has 2 rings (SSSR count). The molecule has 0 fully saturated rings. The van der Waals surface area contributed by atoms with E-state index in [-0.39, 0.29) is 5.82 Å². The summed E-state index contributed by atoms with van der Waals surface area (Å²) in [4.78, 5) is 8.24. The number of aromatic nitrogens is 2. The van der Waals surface area contributed by atoms with Crippen LogP contribution in [0.5, 0.6) is 5.88 Å². The van der Waals surface area contributed by atoms with E-state index in [0.29, 0.717) is 29.2 Å². The minimum absolute atomic E-state index is 0.258. The molecule has 1 heterocycles. The van der Waals surface area contributed by atoms with Gasteiger partial charge in [0.05, 0.1) is 7.11 Å². The fourth-order valence-electron chi connectivity index (χ4n) is 1.77. The highest BCUT2D eigenvalue weighted by atomic mass is 19.1. The molecule has 19 heavy (non-hydrogen) atoms. The number of hydrogen-bond donors (Lipinski definition) is 1. The van der Waals surface area contributed by atoms with E-state index in [9.17, 15) is 4.39 Å². The number of methoxy groups -OCH3 is 1. The molecular weight excluding hydrogens is 245 g/mol. The molecule has 1 aromatic heterocycles. The van der Waals surface area contributed by atoms with Crippen LogP contribution in [0.4, 0.5) is 4.39 Å². The maximum Gasteiger partial charge on any atom is 0.240 e. The van der Waals surface area contributed by atoms with Crippen molar-refractivity contribution in [2.24, 2.45) is 0 Å². The summed E-state index contributed by atoms with van der Waals surface area (Å²) < 4.78 is 19.1. The van der Waals surface area contributed by atoms with E-state index in [1.807, 2.05) is 13.0 Å². The van der Waals surface area contributed by atoms with Crippen LogP contribution < -0.4 is 10.1 Å². The van der Waals surface area contributed by atoms with E-state index in [0.717, 1.165) is 6.54 Å². The highest BCUT2D eigenvalue weighted by molar-refractivity contribution is 5.64. The first kappa shape index (κ1) is 13.4. The van der Waals surface area contributed by atoms with Gasteiger partial charge in [0.1, 0.15) is 11.5 Å². The molecule has 0 unspecified atom stereocenters. The molecule has 0 aliphatic carbocycles. The molecule has 0 aliphatic heterocycles. The second-order valence-electron chi connectivity index (χ2n) is 4.00. The van der Waals surface area contributed by atoms with Crippen LogP contribution in [0.25, 0.3) is 11.3 Å². The predicted molar refractivity (Wildman–Crippen MR) is 71.4 cm³/mol. The van der Waals surface area contributed by atoms with Gasteiger partial charge in [-0.2, -0.15) is 0 Å². The van der Waals surface area contributed by atoms with Gasteiger partial charge in [-0.3, -0.25) is 0 Å². The number of nitrogens with zero attached hydrogens (tertiary/aromatic N) is 2. The third-order valence-electron chi connectivity index (χ3n) is 2.75. The number of ether oxygens (including phenoxy) is 1. The second-order valence-corrected chi connectivity index (χ2v) is 4.00. The third kappa shape index (κ3) is 3.06. The number of nitrogens with one attached hydrogen (secondary N) is 1. The highest BCUT2D eigenvalue weighted by Crippen LogP contribution is 2.26. The quantitative estimate of drug-likeness (QED) is 0.897. The van der Waals surface area contributed by atoms with Crippen molar-refractivity contribution in [2.45, 2.75) is 13.5 Å².